The van der Waals surface area contributed by atoms with Gasteiger partial charge >= 0.3 is 5.97 Å². The highest BCUT2D eigenvalue weighted by molar-refractivity contribution is 6.02. The number of nitrogens with zero attached hydrogens (tertiary/aromatic N) is 1. The van der Waals surface area contributed by atoms with E-state index < -0.39 is 23.3 Å². The summed E-state index contributed by atoms with van der Waals surface area (Å²) in [6.45, 7) is -0.643. The van der Waals surface area contributed by atoms with E-state index >= 15 is 0 Å². The third-order valence-corrected chi connectivity index (χ3v) is 3.56. The van der Waals surface area contributed by atoms with Gasteiger partial charge in [0.1, 0.15) is 5.75 Å². The summed E-state index contributed by atoms with van der Waals surface area (Å²) in [5.74, 6) is -1.24. The van der Waals surface area contributed by atoms with Crippen LogP contribution in [0.4, 0.5) is 11.4 Å². The van der Waals surface area contributed by atoms with Crippen LogP contribution in [0.3, 0.4) is 0 Å². The third kappa shape index (κ3) is 3.66. The van der Waals surface area contributed by atoms with Crippen LogP contribution in [0.2, 0.25) is 0 Å². The van der Waals surface area contributed by atoms with E-state index in [1.807, 2.05) is 0 Å². The number of hydrogen-bond acceptors (Lipinski definition) is 7. The minimum absolute atomic E-state index is 0.0295. The number of carbonyl (C=O) groups is 3. The van der Waals surface area contributed by atoms with Crippen LogP contribution in [0.5, 0.6) is 5.75 Å². The molecule has 0 aromatic heterocycles. The van der Waals surface area contributed by atoms with Gasteiger partial charge in [-0.25, -0.2) is 4.79 Å². The van der Waals surface area contributed by atoms with Gasteiger partial charge in [0.15, 0.2) is 19.0 Å². The van der Waals surface area contributed by atoms with Crippen LogP contribution < -0.4 is 10.1 Å². The molecule has 1 aliphatic rings. The van der Waals surface area contributed by atoms with Crippen molar-refractivity contribution in [2.75, 3.05) is 18.5 Å². The first kappa shape index (κ1) is 17.1. The molecule has 9 heteroatoms. The van der Waals surface area contributed by atoms with Crippen molar-refractivity contribution in [2.24, 2.45) is 0 Å². The van der Waals surface area contributed by atoms with E-state index in [1.165, 1.54) is 36.4 Å². The largest absolute Gasteiger partial charge is 0.482 e. The Hall–Kier alpha value is -3.75. The van der Waals surface area contributed by atoms with Crippen molar-refractivity contribution in [1.29, 1.82) is 0 Å². The first-order chi connectivity index (χ1) is 12.4. The Bertz CT molecular complexity index is 923. The number of anilines is 1. The number of esters is 1. The summed E-state index contributed by atoms with van der Waals surface area (Å²) in [4.78, 5) is 45.5. The van der Waals surface area contributed by atoms with Gasteiger partial charge in [-0.3, -0.25) is 19.7 Å². The molecule has 0 unspecified atom stereocenters. The molecule has 0 atom stereocenters. The fourth-order valence-corrected chi connectivity index (χ4v) is 2.30. The summed E-state index contributed by atoms with van der Waals surface area (Å²) in [6.07, 6.45) is 0. The van der Waals surface area contributed by atoms with E-state index in [1.54, 1.807) is 0 Å². The Kier molecular flexibility index (Phi) is 4.61. The molecule has 0 bridgehead atoms. The zero-order chi connectivity index (χ0) is 18.7. The SMILES string of the molecule is O=C1COc2ccc(C(=O)COC(=O)c3cccc([N+](=O)[O-])c3)cc2N1. The molecule has 2 aromatic carbocycles. The number of Topliss-reactive ketones (excluding diaryl/α,β-unsaturated/α-hetero) is 1. The molecule has 0 radical (unpaired) electrons. The van der Waals surface area contributed by atoms with Crippen molar-refractivity contribution in [3.8, 4) is 5.75 Å². The maximum atomic E-state index is 12.2. The lowest BCUT2D eigenvalue weighted by molar-refractivity contribution is -0.384. The van der Waals surface area contributed by atoms with Gasteiger partial charge in [0.05, 0.1) is 16.2 Å². The molecule has 132 valence electrons. The molecule has 2 aromatic rings. The maximum absolute atomic E-state index is 12.2. The molecule has 0 saturated carbocycles. The Balaban J connectivity index is 1.66. The number of ketones is 1. The summed E-state index contributed by atoms with van der Waals surface area (Å²) in [6, 6.07) is 9.46. The number of non-ortho nitro benzene ring substituents is 1. The molecule has 1 aliphatic heterocycles. The Labute approximate surface area is 146 Å². The lowest BCUT2D eigenvalue weighted by Gasteiger charge is -2.18. The first-order valence-corrected chi connectivity index (χ1v) is 7.45. The number of rotatable bonds is 5. The monoisotopic (exact) mass is 356 g/mol. The Morgan fingerprint density at radius 1 is 1.19 bits per heavy atom. The standard InChI is InChI=1S/C17H12N2O7/c20-14(10-4-5-15-13(7-10)18-16(21)9-25-15)8-26-17(22)11-2-1-3-12(6-11)19(23)24/h1-7H,8-9H2,(H,18,21). The van der Waals surface area contributed by atoms with Gasteiger partial charge < -0.3 is 14.8 Å². The van der Waals surface area contributed by atoms with Gasteiger partial charge in [-0.15, -0.1) is 0 Å². The van der Waals surface area contributed by atoms with E-state index in [4.69, 9.17) is 9.47 Å². The first-order valence-electron chi connectivity index (χ1n) is 7.45. The second-order valence-electron chi connectivity index (χ2n) is 5.35. The quantitative estimate of drug-likeness (QED) is 0.376. The van der Waals surface area contributed by atoms with Gasteiger partial charge in [0.2, 0.25) is 0 Å². The van der Waals surface area contributed by atoms with Crippen molar-refractivity contribution < 1.29 is 28.8 Å². The number of nitrogens with one attached hydrogen (secondary N) is 1. The fraction of sp³-hybridized carbons (Fsp3) is 0.118. The fourth-order valence-electron chi connectivity index (χ4n) is 2.30. The van der Waals surface area contributed by atoms with Crippen molar-refractivity contribution in [1.82, 2.24) is 0 Å². The second kappa shape index (κ2) is 7.01. The number of fused-ring (bicyclic) bond motifs is 1. The van der Waals surface area contributed by atoms with Crippen LogP contribution in [-0.4, -0.2) is 35.8 Å². The molecule has 0 saturated heterocycles. The van der Waals surface area contributed by atoms with Crippen molar-refractivity contribution >= 4 is 29.0 Å². The lowest BCUT2D eigenvalue weighted by atomic mass is 10.1. The predicted molar refractivity (Wildman–Crippen MR) is 88.3 cm³/mol. The predicted octanol–water partition coefficient (Wildman–Crippen LogP) is 1.97. The zero-order valence-corrected chi connectivity index (χ0v) is 13.3. The van der Waals surface area contributed by atoms with Crippen molar-refractivity contribution in [2.45, 2.75) is 0 Å². The third-order valence-electron chi connectivity index (χ3n) is 3.56. The normalized spacial score (nSPS) is 12.4. The number of benzene rings is 2. The minimum atomic E-state index is -0.850. The summed E-state index contributed by atoms with van der Waals surface area (Å²) >= 11 is 0. The number of ether oxygens (including phenoxy) is 2. The molecular weight excluding hydrogens is 344 g/mol. The van der Waals surface area contributed by atoms with Gasteiger partial charge in [-0.2, -0.15) is 0 Å². The highest BCUT2D eigenvalue weighted by Crippen LogP contribution is 2.28. The molecule has 0 aliphatic carbocycles. The smallest absolute Gasteiger partial charge is 0.338 e. The number of carbonyl (C=O) groups excluding carboxylic acids is 3. The van der Waals surface area contributed by atoms with Gasteiger partial charge in [0.25, 0.3) is 11.6 Å². The summed E-state index contributed by atoms with van der Waals surface area (Å²) in [5, 5.41) is 13.3. The Morgan fingerprint density at radius 2 is 2.00 bits per heavy atom. The van der Waals surface area contributed by atoms with Crippen LogP contribution in [0, 0.1) is 10.1 Å². The summed E-state index contributed by atoms with van der Waals surface area (Å²) < 4.78 is 10.1. The minimum Gasteiger partial charge on any atom is -0.482 e. The summed E-state index contributed by atoms with van der Waals surface area (Å²) in [7, 11) is 0. The topological polar surface area (TPSA) is 125 Å². The average molecular weight is 356 g/mol. The summed E-state index contributed by atoms with van der Waals surface area (Å²) in [5.41, 5.74) is 0.299. The molecule has 9 nitrogen and oxygen atoms in total. The van der Waals surface area contributed by atoms with Crippen LogP contribution in [0.1, 0.15) is 20.7 Å². The molecule has 1 heterocycles. The molecule has 0 spiro atoms. The number of hydrogen-bond donors (Lipinski definition) is 1. The number of nitro benzene ring substituents is 1. The van der Waals surface area contributed by atoms with Crippen molar-refractivity contribution in [3.05, 3.63) is 63.7 Å². The van der Waals surface area contributed by atoms with E-state index in [0.29, 0.717) is 11.4 Å². The van der Waals surface area contributed by atoms with Gasteiger partial charge in [-0.1, -0.05) is 6.07 Å². The van der Waals surface area contributed by atoms with Crippen LogP contribution >= 0.6 is 0 Å². The van der Waals surface area contributed by atoms with E-state index in [2.05, 4.69) is 5.32 Å². The van der Waals surface area contributed by atoms with Crippen LogP contribution in [-0.2, 0) is 9.53 Å². The van der Waals surface area contributed by atoms with Gasteiger partial charge in [0, 0.05) is 17.7 Å². The average Bonchev–Trinajstić information content (AvgIpc) is 2.65. The molecule has 26 heavy (non-hydrogen) atoms. The van der Waals surface area contributed by atoms with E-state index in [0.717, 1.165) is 6.07 Å². The molecule has 1 N–H and O–H groups in total. The molecule has 1 amide bonds. The molecule has 3 rings (SSSR count). The maximum Gasteiger partial charge on any atom is 0.338 e. The number of nitro groups is 1. The second-order valence-corrected chi connectivity index (χ2v) is 5.35. The van der Waals surface area contributed by atoms with Gasteiger partial charge in [-0.05, 0) is 24.3 Å². The van der Waals surface area contributed by atoms with E-state index in [9.17, 15) is 24.5 Å². The molecular formula is C17H12N2O7. The number of amides is 1. The van der Waals surface area contributed by atoms with Crippen molar-refractivity contribution in [3.63, 3.8) is 0 Å². The highest BCUT2D eigenvalue weighted by atomic mass is 16.6. The van der Waals surface area contributed by atoms with Crippen LogP contribution in [0.15, 0.2) is 42.5 Å². The Morgan fingerprint density at radius 3 is 2.77 bits per heavy atom. The zero-order valence-electron chi connectivity index (χ0n) is 13.3. The van der Waals surface area contributed by atoms with Crippen LogP contribution in [0.25, 0.3) is 0 Å². The highest BCUT2D eigenvalue weighted by Gasteiger charge is 2.19. The van der Waals surface area contributed by atoms with E-state index in [-0.39, 0.29) is 29.3 Å². The lowest BCUT2D eigenvalue weighted by Crippen LogP contribution is -2.25. The molecule has 0 fully saturated rings.